The van der Waals surface area contributed by atoms with Crippen LogP contribution in [0.2, 0.25) is 0 Å². The molecule has 2 heterocycles. The number of carboxylic acids is 1. The second-order valence-electron chi connectivity index (χ2n) is 5.25. The first kappa shape index (κ1) is 11.2. The molecule has 2 aromatic rings. The van der Waals surface area contributed by atoms with E-state index in [4.69, 9.17) is 5.26 Å². The number of pyridine rings is 1. The SMILES string of the molecule is N#Cc1ccnc(-n2nc(C(=O)O)c3c2[C@H]2C[C@H]2C3)c1. The van der Waals surface area contributed by atoms with Crippen molar-refractivity contribution in [3.05, 3.63) is 40.8 Å². The molecule has 6 heteroatoms. The summed E-state index contributed by atoms with van der Waals surface area (Å²) in [4.78, 5) is 15.5. The molecule has 0 aromatic carbocycles. The van der Waals surface area contributed by atoms with Gasteiger partial charge in [0, 0.05) is 23.7 Å². The van der Waals surface area contributed by atoms with Crippen molar-refractivity contribution in [1.82, 2.24) is 14.8 Å². The number of nitriles is 1. The Morgan fingerprint density at radius 2 is 2.40 bits per heavy atom. The Balaban J connectivity index is 1.92. The number of hydrogen-bond donors (Lipinski definition) is 1. The minimum atomic E-state index is -1.00. The Bertz CT molecular complexity index is 787. The third kappa shape index (κ3) is 1.40. The fourth-order valence-electron chi connectivity index (χ4n) is 3.07. The van der Waals surface area contributed by atoms with Crippen molar-refractivity contribution in [2.24, 2.45) is 5.92 Å². The van der Waals surface area contributed by atoms with E-state index in [2.05, 4.69) is 16.2 Å². The number of nitrogens with zero attached hydrogens (tertiary/aromatic N) is 4. The van der Waals surface area contributed by atoms with Crippen LogP contribution in [-0.4, -0.2) is 25.8 Å². The summed E-state index contributed by atoms with van der Waals surface area (Å²) in [5, 5.41) is 22.4. The molecule has 0 saturated heterocycles. The Kier molecular flexibility index (Phi) is 2.05. The van der Waals surface area contributed by atoms with Gasteiger partial charge in [-0.1, -0.05) is 0 Å². The molecule has 0 aliphatic heterocycles. The summed E-state index contributed by atoms with van der Waals surface area (Å²) >= 11 is 0. The van der Waals surface area contributed by atoms with Crippen LogP contribution in [0.3, 0.4) is 0 Å². The largest absolute Gasteiger partial charge is 0.476 e. The summed E-state index contributed by atoms with van der Waals surface area (Å²) in [5.74, 6) is 0.475. The molecule has 2 aromatic heterocycles. The van der Waals surface area contributed by atoms with Gasteiger partial charge in [0.15, 0.2) is 11.5 Å². The Labute approximate surface area is 114 Å². The maximum atomic E-state index is 11.3. The molecule has 6 nitrogen and oxygen atoms in total. The number of carboxylic acid groups (broad SMARTS) is 1. The van der Waals surface area contributed by atoms with Gasteiger partial charge in [0.05, 0.1) is 17.3 Å². The van der Waals surface area contributed by atoms with Gasteiger partial charge < -0.3 is 5.11 Å². The number of aromatic nitrogens is 3. The van der Waals surface area contributed by atoms with Gasteiger partial charge in [-0.05, 0) is 24.8 Å². The molecule has 20 heavy (non-hydrogen) atoms. The number of fused-ring (bicyclic) bond motifs is 3. The third-order valence-corrected chi connectivity index (χ3v) is 4.06. The molecule has 1 N–H and O–H groups in total. The summed E-state index contributed by atoms with van der Waals surface area (Å²) in [5.41, 5.74) is 2.41. The summed E-state index contributed by atoms with van der Waals surface area (Å²) < 4.78 is 1.61. The molecule has 0 spiro atoms. The van der Waals surface area contributed by atoms with Crippen molar-refractivity contribution in [3.8, 4) is 11.9 Å². The topological polar surface area (TPSA) is 91.8 Å². The third-order valence-electron chi connectivity index (χ3n) is 4.06. The Morgan fingerprint density at radius 3 is 3.15 bits per heavy atom. The molecule has 4 rings (SSSR count). The summed E-state index contributed by atoms with van der Waals surface area (Å²) in [6, 6.07) is 5.31. The van der Waals surface area contributed by atoms with E-state index >= 15 is 0 Å². The zero-order valence-corrected chi connectivity index (χ0v) is 10.4. The van der Waals surface area contributed by atoms with E-state index in [0.717, 1.165) is 24.1 Å². The van der Waals surface area contributed by atoms with E-state index in [1.165, 1.54) is 0 Å². The van der Waals surface area contributed by atoms with Crippen LogP contribution in [0.25, 0.3) is 5.82 Å². The lowest BCUT2D eigenvalue weighted by Gasteiger charge is -2.05. The summed E-state index contributed by atoms with van der Waals surface area (Å²) in [6.45, 7) is 0. The van der Waals surface area contributed by atoms with Crippen LogP contribution in [-0.2, 0) is 6.42 Å². The van der Waals surface area contributed by atoms with Crippen LogP contribution in [0.1, 0.15) is 39.6 Å². The van der Waals surface area contributed by atoms with Crippen molar-refractivity contribution >= 4 is 5.97 Å². The van der Waals surface area contributed by atoms with E-state index in [1.807, 2.05) is 0 Å². The molecular formula is C14H10N4O2. The van der Waals surface area contributed by atoms with Crippen molar-refractivity contribution in [2.45, 2.75) is 18.8 Å². The lowest BCUT2D eigenvalue weighted by molar-refractivity contribution is 0.0688. The van der Waals surface area contributed by atoms with Crippen LogP contribution in [0, 0.1) is 17.2 Å². The van der Waals surface area contributed by atoms with E-state index in [-0.39, 0.29) is 5.69 Å². The van der Waals surface area contributed by atoms with Crippen LogP contribution in [0.5, 0.6) is 0 Å². The highest BCUT2D eigenvalue weighted by atomic mass is 16.4. The van der Waals surface area contributed by atoms with Gasteiger partial charge >= 0.3 is 5.97 Å². The summed E-state index contributed by atoms with van der Waals surface area (Å²) in [6.07, 6.45) is 3.43. The summed E-state index contributed by atoms with van der Waals surface area (Å²) in [7, 11) is 0. The molecule has 1 saturated carbocycles. The highest BCUT2D eigenvalue weighted by molar-refractivity contribution is 5.88. The number of hydrogen-bond acceptors (Lipinski definition) is 4. The van der Waals surface area contributed by atoms with Crippen LogP contribution < -0.4 is 0 Å². The van der Waals surface area contributed by atoms with Gasteiger partial charge in [-0.15, -0.1) is 0 Å². The van der Waals surface area contributed by atoms with Crippen LogP contribution in [0.4, 0.5) is 0 Å². The normalized spacial score (nSPS) is 21.9. The van der Waals surface area contributed by atoms with Crippen molar-refractivity contribution in [2.75, 3.05) is 0 Å². The van der Waals surface area contributed by atoms with E-state index in [0.29, 0.717) is 23.2 Å². The van der Waals surface area contributed by atoms with Gasteiger partial charge in [-0.3, -0.25) is 0 Å². The van der Waals surface area contributed by atoms with Crippen LogP contribution >= 0.6 is 0 Å². The molecule has 0 unspecified atom stereocenters. The van der Waals surface area contributed by atoms with Gasteiger partial charge in [-0.25, -0.2) is 14.5 Å². The first-order valence-corrected chi connectivity index (χ1v) is 6.40. The molecule has 2 atom stereocenters. The smallest absolute Gasteiger partial charge is 0.356 e. The quantitative estimate of drug-likeness (QED) is 0.889. The van der Waals surface area contributed by atoms with Crippen molar-refractivity contribution in [1.29, 1.82) is 5.26 Å². The van der Waals surface area contributed by atoms with E-state index in [9.17, 15) is 9.90 Å². The zero-order chi connectivity index (χ0) is 13.9. The average Bonchev–Trinajstić information content (AvgIpc) is 2.95. The van der Waals surface area contributed by atoms with Gasteiger partial charge in [-0.2, -0.15) is 10.4 Å². The molecular weight excluding hydrogens is 256 g/mol. The average molecular weight is 266 g/mol. The molecule has 0 amide bonds. The predicted molar refractivity (Wildman–Crippen MR) is 67.6 cm³/mol. The maximum Gasteiger partial charge on any atom is 0.356 e. The molecule has 2 aliphatic rings. The minimum absolute atomic E-state index is 0.122. The lowest BCUT2D eigenvalue weighted by atomic mass is 10.1. The van der Waals surface area contributed by atoms with Gasteiger partial charge in [0.1, 0.15) is 0 Å². The number of rotatable bonds is 2. The fraction of sp³-hybridized carbons (Fsp3) is 0.286. The lowest BCUT2D eigenvalue weighted by Crippen LogP contribution is -2.06. The van der Waals surface area contributed by atoms with E-state index in [1.54, 1.807) is 23.0 Å². The Morgan fingerprint density at radius 1 is 1.55 bits per heavy atom. The van der Waals surface area contributed by atoms with Crippen LogP contribution in [0.15, 0.2) is 18.3 Å². The predicted octanol–water partition coefficient (Wildman–Crippen LogP) is 1.50. The fourth-order valence-corrected chi connectivity index (χ4v) is 3.07. The van der Waals surface area contributed by atoms with Crippen molar-refractivity contribution in [3.63, 3.8) is 0 Å². The monoisotopic (exact) mass is 266 g/mol. The number of aromatic carboxylic acids is 1. The second-order valence-corrected chi connectivity index (χ2v) is 5.25. The second kappa shape index (κ2) is 3.67. The maximum absolute atomic E-state index is 11.3. The highest BCUT2D eigenvalue weighted by Gasteiger charge is 2.50. The van der Waals surface area contributed by atoms with E-state index < -0.39 is 5.97 Å². The Hall–Kier alpha value is -2.68. The standard InChI is InChI=1S/C14H10N4O2/c15-6-7-1-2-16-11(3-7)18-13-9-4-8(9)5-10(13)12(17-18)14(19)20/h1-3,8-9H,4-5H2,(H,19,20)/t8-,9-/m0/s1. The number of carbonyl (C=O) groups is 1. The first-order chi connectivity index (χ1) is 9.69. The molecule has 0 radical (unpaired) electrons. The molecule has 2 aliphatic carbocycles. The zero-order valence-electron chi connectivity index (χ0n) is 10.4. The highest BCUT2D eigenvalue weighted by Crippen LogP contribution is 2.57. The minimum Gasteiger partial charge on any atom is -0.476 e. The van der Waals surface area contributed by atoms with Crippen molar-refractivity contribution < 1.29 is 9.90 Å². The first-order valence-electron chi connectivity index (χ1n) is 6.40. The van der Waals surface area contributed by atoms with Gasteiger partial charge in [0.2, 0.25) is 0 Å². The molecule has 1 fully saturated rings. The van der Waals surface area contributed by atoms with Gasteiger partial charge in [0.25, 0.3) is 0 Å². The molecule has 98 valence electrons. The molecule has 0 bridgehead atoms.